The van der Waals surface area contributed by atoms with Crippen LogP contribution >= 0.6 is 0 Å². The summed E-state index contributed by atoms with van der Waals surface area (Å²) in [7, 11) is 2.79. The fourth-order valence-corrected chi connectivity index (χ4v) is 0.354. The molecule has 0 aromatic rings. The van der Waals surface area contributed by atoms with Gasteiger partial charge >= 0.3 is 6.03 Å². The van der Waals surface area contributed by atoms with Gasteiger partial charge in [-0.05, 0) is 0 Å². The van der Waals surface area contributed by atoms with Crippen LogP contribution in [-0.2, 0) is 9.47 Å². The van der Waals surface area contributed by atoms with Crippen molar-refractivity contribution in [2.75, 3.05) is 14.2 Å². The van der Waals surface area contributed by atoms with Crippen LogP contribution in [-0.4, -0.2) is 36.8 Å². The van der Waals surface area contributed by atoms with Crippen molar-refractivity contribution >= 4 is 6.03 Å². The Labute approximate surface area is 75.5 Å². The third-order valence-corrected chi connectivity index (χ3v) is 0.750. The average molecular weight is 194 g/mol. The van der Waals surface area contributed by atoms with Gasteiger partial charge in [-0.3, -0.25) is 0 Å². The molecule has 0 aromatic heterocycles. The lowest BCUT2D eigenvalue weighted by molar-refractivity contribution is -0.0707. The predicted octanol–water partition coefficient (Wildman–Crippen LogP) is -0.413. The van der Waals surface area contributed by atoms with Crippen molar-refractivity contribution in [2.45, 2.75) is 6.29 Å². The fourth-order valence-electron chi connectivity index (χ4n) is 0.354. The number of nitrogens with two attached hydrogens (primary N) is 2. The molecule has 0 fully saturated rings. The zero-order valence-corrected chi connectivity index (χ0v) is 7.43. The van der Waals surface area contributed by atoms with Crippen LogP contribution in [0.4, 0.5) is 4.79 Å². The maximum Gasteiger partial charge on any atom is 0.309 e. The highest BCUT2D eigenvalue weighted by molar-refractivity contribution is 5.69. The second-order valence-corrected chi connectivity index (χ2v) is 1.77. The SMILES string of the molecule is COC(C=C(O)O)OC.NC(N)=O. The molecule has 6 N–H and O–H groups in total. The molecule has 0 saturated heterocycles. The highest BCUT2D eigenvalue weighted by atomic mass is 16.7. The number of carbonyl (C=O) groups excluding carboxylic acids is 1. The molecule has 0 aromatic carbocycles. The van der Waals surface area contributed by atoms with Gasteiger partial charge in [-0.2, -0.15) is 0 Å². The molecule has 0 aliphatic rings. The first-order valence-corrected chi connectivity index (χ1v) is 3.14. The van der Waals surface area contributed by atoms with Crippen molar-refractivity contribution in [1.82, 2.24) is 0 Å². The van der Waals surface area contributed by atoms with E-state index >= 15 is 0 Å². The van der Waals surface area contributed by atoms with E-state index in [0.717, 1.165) is 6.08 Å². The van der Waals surface area contributed by atoms with Gasteiger partial charge in [0, 0.05) is 14.2 Å². The van der Waals surface area contributed by atoms with E-state index in [2.05, 4.69) is 20.9 Å². The van der Waals surface area contributed by atoms with Crippen LogP contribution in [0.15, 0.2) is 12.0 Å². The number of primary amides is 2. The molecule has 0 saturated carbocycles. The molecule has 0 spiro atoms. The molecule has 0 radical (unpaired) electrons. The first-order chi connectivity index (χ1) is 5.93. The van der Waals surface area contributed by atoms with Gasteiger partial charge in [-0.15, -0.1) is 0 Å². The van der Waals surface area contributed by atoms with E-state index < -0.39 is 18.3 Å². The first kappa shape index (κ1) is 14.1. The third kappa shape index (κ3) is 18.0. The van der Waals surface area contributed by atoms with E-state index in [9.17, 15) is 0 Å². The Morgan fingerprint density at radius 3 is 1.69 bits per heavy atom. The minimum atomic E-state index is -0.833. The number of ether oxygens (including phenoxy) is 2. The maximum absolute atomic E-state index is 9.00. The number of hydrogen-bond acceptors (Lipinski definition) is 5. The highest BCUT2D eigenvalue weighted by Gasteiger charge is 2.00. The Hall–Kier alpha value is -1.47. The number of aliphatic hydroxyl groups is 2. The smallest absolute Gasteiger partial charge is 0.309 e. The number of aliphatic hydroxyl groups excluding tert-OH is 1. The number of rotatable bonds is 3. The molecular weight excluding hydrogens is 180 g/mol. The lowest BCUT2D eigenvalue weighted by Crippen LogP contribution is -2.18. The standard InChI is InChI=1S/C5H10O4.CH4N2O/c1-8-5(9-2)3-4(6)7;2-1(3)4/h3,5-7H,1-2H3;(H4,2,3,4). The second-order valence-electron chi connectivity index (χ2n) is 1.77. The Morgan fingerprint density at radius 1 is 1.31 bits per heavy atom. The van der Waals surface area contributed by atoms with Crippen LogP contribution in [0.2, 0.25) is 0 Å². The van der Waals surface area contributed by atoms with Crippen molar-refractivity contribution < 1.29 is 24.5 Å². The molecule has 0 heterocycles. The minimum Gasteiger partial charge on any atom is -0.481 e. The molecular formula is C6H14N2O5. The van der Waals surface area contributed by atoms with Gasteiger partial charge in [-0.25, -0.2) is 4.79 Å². The number of carbonyl (C=O) groups is 1. The van der Waals surface area contributed by atoms with Crippen molar-refractivity contribution in [3.05, 3.63) is 12.0 Å². The third-order valence-electron chi connectivity index (χ3n) is 0.750. The van der Waals surface area contributed by atoms with E-state index in [1.165, 1.54) is 14.2 Å². The van der Waals surface area contributed by atoms with Gasteiger partial charge in [-0.1, -0.05) is 0 Å². The van der Waals surface area contributed by atoms with Gasteiger partial charge in [0.1, 0.15) is 0 Å². The molecule has 0 atom stereocenters. The molecule has 0 unspecified atom stereocenters. The normalized spacial score (nSPS) is 8.54. The van der Waals surface area contributed by atoms with E-state index in [1.54, 1.807) is 0 Å². The molecule has 78 valence electrons. The van der Waals surface area contributed by atoms with Crippen molar-refractivity contribution in [3.8, 4) is 0 Å². The van der Waals surface area contributed by atoms with Gasteiger partial charge in [0.2, 0.25) is 0 Å². The lowest BCUT2D eigenvalue weighted by atomic mass is 10.6. The molecule has 13 heavy (non-hydrogen) atoms. The zero-order valence-electron chi connectivity index (χ0n) is 7.43. The Kier molecular flexibility index (Phi) is 9.34. The maximum atomic E-state index is 9.00. The van der Waals surface area contributed by atoms with Crippen LogP contribution < -0.4 is 11.5 Å². The highest BCUT2D eigenvalue weighted by Crippen LogP contribution is 1.94. The summed E-state index contributed by atoms with van der Waals surface area (Å²) in [5, 5.41) is 16.5. The van der Waals surface area contributed by atoms with Crippen LogP contribution in [0.5, 0.6) is 0 Å². The van der Waals surface area contributed by atoms with E-state index in [-0.39, 0.29) is 0 Å². The lowest BCUT2D eigenvalue weighted by Gasteiger charge is -2.06. The average Bonchev–Trinajstić information content (AvgIpc) is 1.98. The first-order valence-electron chi connectivity index (χ1n) is 3.14. The number of urea groups is 1. The second kappa shape index (κ2) is 8.62. The number of amides is 2. The molecule has 0 rings (SSSR count). The van der Waals surface area contributed by atoms with Gasteiger partial charge < -0.3 is 31.2 Å². The largest absolute Gasteiger partial charge is 0.481 e. The molecule has 0 bridgehead atoms. The molecule has 7 nitrogen and oxygen atoms in total. The van der Waals surface area contributed by atoms with Crippen LogP contribution in [0.1, 0.15) is 0 Å². The van der Waals surface area contributed by atoms with E-state index in [1.807, 2.05) is 0 Å². The Bertz CT molecular complexity index is 158. The summed E-state index contributed by atoms with van der Waals surface area (Å²) in [6.07, 6.45) is 0.343. The van der Waals surface area contributed by atoms with Crippen LogP contribution in [0.3, 0.4) is 0 Å². The molecule has 2 amide bonds. The molecule has 0 aliphatic heterocycles. The van der Waals surface area contributed by atoms with Crippen molar-refractivity contribution in [2.24, 2.45) is 11.5 Å². The number of hydrogen-bond donors (Lipinski definition) is 4. The minimum absolute atomic E-state index is 0.685. The van der Waals surface area contributed by atoms with E-state index in [0.29, 0.717) is 0 Å². The Balaban J connectivity index is 0. The summed E-state index contributed by atoms with van der Waals surface area (Å²) in [4.78, 5) is 9.00. The van der Waals surface area contributed by atoms with Crippen LogP contribution in [0, 0.1) is 0 Å². The monoisotopic (exact) mass is 194 g/mol. The summed E-state index contributed by atoms with van der Waals surface area (Å²) < 4.78 is 9.18. The summed E-state index contributed by atoms with van der Waals surface area (Å²) in [5.74, 6) is -0.802. The summed E-state index contributed by atoms with van der Waals surface area (Å²) >= 11 is 0. The molecule has 7 heteroatoms. The Morgan fingerprint density at radius 2 is 1.62 bits per heavy atom. The van der Waals surface area contributed by atoms with E-state index in [4.69, 9.17) is 15.0 Å². The topological polar surface area (TPSA) is 128 Å². The quantitative estimate of drug-likeness (QED) is 0.358. The van der Waals surface area contributed by atoms with Crippen LogP contribution in [0.25, 0.3) is 0 Å². The molecule has 0 aliphatic carbocycles. The summed E-state index contributed by atoms with van der Waals surface area (Å²) in [6.45, 7) is 0. The van der Waals surface area contributed by atoms with Gasteiger partial charge in [0.15, 0.2) is 6.29 Å². The fraction of sp³-hybridized carbons (Fsp3) is 0.500. The summed E-state index contributed by atoms with van der Waals surface area (Å²) in [5.41, 5.74) is 8.50. The van der Waals surface area contributed by atoms with Gasteiger partial charge in [0.25, 0.3) is 5.95 Å². The predicted molar refractivity (Wildman–Crippen MR) is 44.9 cm³/mol. The van der Waals surface area contributed by atoms with Crippen molar-refractivity contribution in [3.63, 3.8) is 0 Å². The zero-order chi connectivity index (χ0) is 10.9. The van der Waals surface area contributed by atoms with Crippen molar-refractivity contribution in [1.29, 1.82) is 0 Å². The van der Waals surface area contributed by atoms with Gasteiger partial charge in [0.05, 0.1) is 6.08 Å². The number of methoxy groups -OCH3 is 2. The summed E-state index contributed by atoms with van der Waals surface area (Å²) in [6, 6.07) is -0.833.